The molecule has 1 N–H and O–H groups in total. The van der Waals surface area contributed by atoms with Crippen molar-refractivity contribution in [1.82, 2.24) is 9.78 Å². The predicted octanol–water partition coefficient (Wildman–Crippen LogP) is 2.36. The lowest BCUT2D eigenvalue weighted by Crippen LogP contribution is -2.28. The van der Waals surface area contributed by atoms with E-state index < -0.39 is 0 Å². The van der Waals surface area contributed by atoms with Gasteiger partial charge < -0.3 is 10.1 Å². The van der Waals surface area contributed by atoms with Crippen molar-refractivity contribution in [3.63, 3.8) is 0 Å². The lowest BCUT2D eigenvalue weighted by Gasteiger charge is -2.23. The zero-order valence-corrected chi connectivity index (χ0v) is 12.8. The van der Waals surface area contributed by atoms with Crippen LogP contribution in [0.2, 0.25) is 0 Å². The van der Waals surface area contributed by atoms with Crippen LogP contribution in [0.1, 0.15) is 39.0 Å². The van der Waals surface area contributed by atoms with Gasteiger partial charge in [-0.25, -0.2) is 4.68 Å². The van der Waals surface area contributed by atoms with Gasteiger partial charge in [-0.15, -0.1) is 0 Å². The number of aromatic nitrogens is 2. The molecule has 106 valence electrons. The van der Waals surface area contributed by atoms with Gasteiger partial charge in [-0.3, -0.25) is 4.79 Å². The maximum Gasteiger partial charge on any atom is 0.251 e. The Morgan fingerprint density at radius 1 is 1.47 bits per heavy atom. The summed E-state index contributed by atoms with van der Waals surface area (Å²) in [4.78, 5) is 11.9. The van der Waals surface area contributed by atoms with Crippen LogP contribution in [0.3, 0.4) is 0 Å². The Hall–Kier alpha value is -1.01. The summed E-state index contributed by atoms with van der Waals surface area (Å²) >= 11 is 1.83. The Morgan fingerprint density at radius 3 is 2.84 bits per heavy atom. The summed E-state index contributed by atoms with van der Waals surface area (Å²) in [7, 11) is 0. The van der Waals surface area contributed by atoms with Crippen molar-refractivity contribution >= 4 is 23.5 Å². The van der Waals surface area contributed by atoms with Crippen molar-refractivity contribution in [2.24, 2.45) is 0 Å². The van der Waals surface area contributed by atoms with E-state index in [1.807, 2.05) is 23.4 Å². The highest BCUT2D eigenvalue weighted by atomic mass is 32.2. The highest BCUT2D eigenvalue weighted by Crippen LogP contribution is 2.36. The first kappa shape index (κ1) is 14.4. The number of hydrogen-bond donors (Lipinski definition) is 1. The van der Waals surface area contributed by atoms with Gasteiger partial charge in [-0.05, 0) is 27.7 Å². The third kappa shape index (κ3) is 3.12. The van der Waals surface area contributed by atoms with Crippen LogP contribution >= 0.6 is 11.8 Å². The first-order valence-corrected chi connectivity index (χ1v) is 7.65. The fourth-order valence-electron chi connectivity index (χ4n) is 1.99. The van der Waals surface area contributed by atoms with E-state index >= 15 is 0 Å². The van der Waals surface area contributed by atoms with Crippen LogP contribution in [0.15, 0.2) is 0 Å². The van der Waals surface area contributed by atoms with Crippen LogP contribution in [0.25, 0.3) is 0 Å². The molecule has 0 bridgehead atoms. The normalized spacial score (nSPS) is 14.5. The third-order valence-corrected chi connectivity index (χ3v) is 3.85. The molecule has 0 fully saturated rings. The Labute approximate surface area is 118 Å². The van der Waals surface area contributed by atoms with Crippen molar-refractivity contribution < 1.29 is 9.53 Å². The monoisotopic (exact) mass is 283 g/mol. The van der Waals surface area contributed by atoms with Gasteiger partial charge in [-0.2, -0.15) is 16.9 Å². The first-order valence-electron chi connectivity index (χ1n) is 6.50. The van der Waals surface area contributed by atoms with Gasteiger partial charge in [0.2, 0.25) is 0 Å². The SMILES string of the molecule is CCOCC(=O)Nc1c2c(nn1C(C)(C)C)CSC2. The van der Waals surface area contributed by atoms with E-state index in [1.165, 1.54) is 0 Å². The van der Waals surface area contributed by atoms with E-state index in [0.29, 0.717) is 6.61 Å². The number of rotatable bonds is 4. The van der Waals surface area contributed by atoms with Crippen molar-refractivity contribution in [3.8, 4) is 0 Å². The molecule has 2 rings (SSSR count). The Bertz CT molecular complexity index is 477. The Morgan fingerprint density at radius 2 is 2.21 bits per heavy atom. The Kier molecular flexibility index (Phi) is 4.20. The molecule has 0 aromatic carbocycles. The second-order valence-corrected chi connectivity index (χ2v) is 6.52. The quantitative estimate of drug-likeness (QED) is 0.921. The molecule has 1 amide bonds. The second kappa shape index (κ2) is 5.54. The number of fused-ring (bicyclic) bond motifs is 1. The lowest BCUT2D eigenvalue weighted by atomic mass is 10.1. The van der Waals surface area contributed by atoms with Crippen molar-refractivity contribution in [3.05, 3.63) is 11.3 Å². The third-order valence-electron chi connectivity index (χ3n) is 2.88. The molecule has 0 spiro atoms. The summed E-state index contributed by atoms with van der Waals surface area (Å²) in [5.41, 5.74) is 2.10. The molecule has 1 aromatic heterocycles. The minimum Gasteiger partial charge on any atom is -0.372 e. The van der Waals surface area contributed by atoms with Gasteiger partial charge in [0.1, 0.15) is 12.4 Å². The number of amides is 1. The predicted molar refractivity (Wildman–Crippen MR) is 77.3 cm³/mol. The molecule has 0 aliphatic carbocycles. The molecule has 19 heavy (non-hydrogen) atoms. The van der Waals surface area contributed by atoms with Gasteiger partial charge in [-0.1, -0.05) is 0 Å². The van der Waals surface area contributed by atoms with Gasteiger partial charge in [0, 0.05) is 23.7 Å². The fourth-order valence-corrected chi connectivity index (χ4v) is 3.02. The standard InChI is InChI=1S/C13H21N3O2S/c1-5-18-6-11(17)14-12-9-7-19-8-10(9)15-16(12)13(2,3)4/h5-8H2,1-4H3,(H,14,17). The maximum atomic E-state index is 11.9. The molecule has 5 nitrogen and oxygen atoms in total. The number of hydrogen-bond acceptors (Lipinski definition) is 4. The molecule has 0 unspecified atom stereocenters. The summed E-state index contributed by atoms with van der Waals surface area (Å²) < 4.78 is 7.06. The summed E-state index contributed by atoms with van der Waals surface area (Å²) in [5.74, 6) is 2.55. The number of nitrogens with one attached hydrogen (secondary N) is 1. The molecule has 6 heteroatoms. The van der Waals surface area contributed by atoms with Crippen LogP contribution < -0.4 is 5.32 Å². The fraction of sp³-hybridized carbons (Fsp3) is 0.692. The number of ether oxygens (including phenoxy) is 1. The molecule has 2 heterocycles. The summed E-state index contributed by atoms with van der Waals surface area (Å²) in [6.45, 7) is 8.76. The minimum absolute atomic E-state index is 0.0910. The maximum absolute atomic E-state index is 11.9. The second-order valence-electron chi connectivity index (χ2n) is 5.53. The number of carbonyl (C=O) groups is 1. The molecular weight excluding hydrogens is 262 g/mol. The van der Waals surface area contributed by atoms with E-state index in [9.17, 15) is 4.79 Å². The number of anilines is 1. The zero-order chi connectivity index (χ0) is 14.0. The average Bonchev–Trinajstić information content (AvgIpc) is 2.88. The molecule has 0 saturated carbocycles. The molecule has 0 atom stereocenters. The van der Waals surface area contributed by atoms with Gasteiger partial charge >= 0.3 is 0 Å². The van der Waals surface area contributed by atoms with E-state index in [1.54, 1.807) is 0 Å². The first-order chi connectivity index (χ1) is 8.93. The van der Waals surface area contributed by atoms with Crippen LogP contribution in [0, 0.1) is 0 Å². The molecule has 1 aliphatic heterocycles. The zero-order valence-electron chi connectivity index (χ0n) is 11.9. The molecule has 0 radical (unpaired) electrons. The van der Waals surface area contributed by atoms with Crippen molar-refractivity contribution in [1.29, 1.82) is 0 Å². The number of thioether (sulfide) groups is 1. The van der Waals surface area contributed by atoms with E-state index in [-0.39, 0.29) is 18.1 Å². The van der Waals surface area contributed by atoms with Gasteiger partial charge in [0.15, 0.2) is 0 Å². The summed E-state index contributed by atoms with van der Waals surface area (Å²) in [6, 6.07) is 0. The number of carbonyl (C=O) groups excluding carboxylic acids is 1. The summed E-state index contributed by atoms with van der Waals surface area (Å²) in [5, 5.41) is 7.59. The number of nitrogens with zero attached hydrogens (tertiary/aromatic N) is 2. The van der Waals surface area contributed by atoms with Crippen LogP contribution in [0.4, 0.5) is 5.82 Å². The Balaban J connectivity index is 2.25. The minimum atomic E-state index is -0.150. The highest BCUT2D eigenvalue weighted by molar-refractivity contribution is 7.98. The smallest absolute Gasteiger partial charge is 0.251 e. The lowest BCUT2D eigenvalue weighted by molar-refractivity contribution is -0.120. The van der Waals surface area contributed by atoms with Gasteiger partial charge in [0.25, 0.3) is 5.91 Å². The van der Waals surface area contributed by atoms with Crippen LogP contribution in [-0.2, 0) is 26.6 Å². The van der Waals surface area contributed by atoms with E-state index in [0.717, 1.165) is 28.6 Å². The van der Waals surface area contributed by atoms with E-state index in [2.05, 4.69) is 31.2 Å². The van der Waals surface area contributed by atoms with Crippen LogP contribution in [-0.4, -0.2) is 28.9 Å². The van der Waals surface area contributed by atoms with Crippen LogP contribution in [0.5, 0.6) is 0 Å². The average molecular weight is 283 g/mol. The van der Waals surface area contributed by atoms with Crippen molar-refractivity contribution in [2.75, 3.05) is 18.5 Å². The van der Waals surface area contributed by atoms with E-state index in [4.69, 9.17) is 4.74 Å². The highest BCUT2D eigenvalue weighted by Gasteiger charge is 2.28. The topological polar surface area (TPSA) is 56.1 Å². The van der Waals surface area contributed by atoms with Crippen molar-refractivity contribution in [2.45, 2.75) is 44.7 Å². The van der Waals surface area contributed by atoms with Gasteiger partial charge in [0.05, 0.1) is 11.2 Å². The molecule has 0 saturated heterocycles. The molecule has 1 aromatic rings. The summed E-state index contributed by atoms with van der Waals surface area (Å²) in [6.07, 6.45) is 0. The molecule has 1 aliphatic rings. The molecular formula is C13H21N3O2S. The largest absolute Gasteiger partial charge is 0.372 e.